The molecule has 0 bridgehead atoms. The summed E-state index contributed by atoms with van der Waals surface area (Å²) in [6.07, 6.45) is -2.63. The standard InChI is InChI=1S/C26H33N6O8P/c1-4-17(5-2)38-25(35)16(3)31-41(36,40-18-9-7-6-8-10-18)37-13-20-22(33)23(34)26(14-27,39-20)21-12-11-19-24(28)29-15-30-32(19)21/h6-12,15-17,20,22-23,33-34H,4-5,13H2,1-3H3,(H,31,36)(H2,28,29,30)/t16-,20+,22+,23+,26-,41-/m0/s1. The Morgan fingerprint density at radius 3 is 2.63 bits per heavy atom. The number of rotatable bonds is 12. The van der Waals surface area contributed by atoms with Crippen LogP contribution in [0.15, 0.2) is 48.8 Å². The molecule has 0 radical (unpaired) electrons. The molecule has 1 aliphatic heterocycles. The van der Waals surface area contributed by atoms with Gasteiger partial charge in [0.25, 0.3) is 0 Å². The number of fused-ring (bicyclic) bond motifs is 1. The number of nitrogen functional groups attached to an aromatic ring is 1. The molecule has 15 heteroatoms. The van der Waals surface area contributed by atoms with Crippen LogP contribution in [0.1, 0.15) is 39.3 Å². The van der Waals surface area contributed by atoms with Gasteiger partial charge >= 0.3 is 13.7 Å². The van der Waals surface area contributed by atoms with E-state index in [0.29, 0.717) is 18.4 Å². The number of ether oxygens (including phenoxy) is 2. The maximum absolute atomic E-state index is 13.9. The summed E-state index contributed by atoms with van der Waals surface area (Å²) in [6.45, 7) is 4.62. The van der Waals surface area contributed by atoms with Crippen molar-refractivity contribution in [3.63, 3.8) is 0 Å². The number of nitrogens with zero attached hydrogens (tertiary/aromatic N) is 4. The Morgan fingerprint density at radius 2 is 1.98 bits per heavy atom. The highest BCUT2D eigenvalue weighted by Gasteiger charge is 2.58. The molecule has 0 saturated carbocycles. The highest BCUT2D eigenvalue weighted by Crippen LogP contribution is 2.47. The number of anilines is 1. The van der Waals surface area contributed by atoms with E-state index in [9.17, 15) is 24.8 Å². The third-order valence-corrected chi connectivity index (χ3v) is 8.41. The molecule has 0 amide bonds. The van der Waals surface area contributed by atoms with Gasteiger partial charge in [-0.15, -0.1) is 0 Å². The number of hydrogen-bond donors (Lipinski definition) is 4. The fourth-order valence-electron chi connectivity index (χ4n) is 4.44. The van der Waals surface area contributed by atoms with Gasteiger partial charge < -0.3 is 29.9 Å². The molecular formula is C26H33N6O8P. The van der Waals surface area contributed by atoms with Crippen molar-refractivity contribution in [2.45, 2.75) is 69.7 Å². The first-order chi connectivity index (χ1) is 19.6. The zero-order chi connectivity index (χ0) is 29.8. The number of para-hydroxylation sites is 1. The van der Waals surface area contributed by atoms with Crippen molar-refractivity contribution in [2.75, 3.05) is 12.3 Å². The number of carbonyl (C=O) groups is 1. The minimum atomic E-state index is -4.32. The quantitative estimate of drug-likeness (QED) is 0.177. The average Bonchev–Trinajstić information content (AvgIpc) is 3.51. The molecule has 0 unspecified atom stereocenters. The van der Waals surface area contributed by atoms with Crippen LogP contribution >= 0.6 is 7.75 Å². The minimum Gasteiger partial charge on any atom is -0.461 e. The lowest BCUT2D eigenvalue weighted by Gasteiger charge is -2.26. The van der Waals surface area contributed by atoms with Gasteiger partial charge in [-0.25, -0.2) is 14.1 Å². The number of aliphatic hydroxyl groups excluding tert-OH is 2. The van der Waals surface area contributed by atoms with Gasteiger partial charge in [-0.05, 0) is 44.0 Å². The fraction of sp³-hybridized carbons (Fsp3) is 0.462. The van der Waals surface area contributed by atoms with Crippen molar-refractivity contribution in [3.8, 4) is 11.8 Å². The Bertz CT molecular complexity index is 1440. The number of aromatic nitrogens is 3. The van der Waals surface area contributed by atoms with E-state index in [-0.39, 0.29) is 23.4 Å². The normalized spacial score (nSPS) is 24.6. The molecule has 0 spiro atoms. The first-order valence-corrected chi connectivity index (χ1v) is 14.6. The Labute approximate surface area is 236 Å². The summed E-state index contributed by atoms with van der Waals surface area (Å²) < 4.78 is 37.8. The van der Waals surface area contributed by atoms with Gasteiger partial charge in [-0.2, -0.15) is 15.4 Å². The van der Waals surface area contributed by atoms with E-state index in [1.165, 1.54) is 23.8 Å². The van der Waals surface area contributed by atoms with E-state index in [1.807, 2.05) is 19.9 Å². The largest absolute Gasteiger partial charge is 0.461 e. The molecule has 6 atom stereocenters. The number of nitrogens with one attached hydrogen (secondary N) is 1. The van der Waals surface area contributed by atoms with Crippen molar-refractivity contribution < 1.29 is 38.1 Å². The van der Waals surface area contributed by atoms with Crippen LogP contribution in [-0.4, -0.2) is 67.8 Å². The highest BCUT2D eigenvalue weighted by molar-refractivity contribution is 7.52. The molecular weight excluding hydrogens is 555 g/mol. The lowest BCUT2D eigenvalue weighted by molar-refractivity contribution is -0.151. The lowest BCUT2D eigenvalue weighted by atomic mass is 9.92. The molecule has 1 saturated heterocycles. The Morgan fingerprint density at radius 1 is 1.27 bits per heavy atom. The maximum Gasteiger partial charge on any atom is 0.459 e. The van der Waals surface area contributed by atoms with Gasteiger partial charge in [0.1, 0.15) is 54.1 Å². The topological polar surface area (TPSA) is 204 Å². The molecule has 2 aromatic heterocycles. The summed E-state index contributed by atoms with van der Waals surface area (Å²) in [6, 6.07) is 12.0. The molecule has 3 aromatic rings. The van der Waals surface area contributed by atoms with Gasteiger partial charge in [0, 0.05) is 0 Å². The van der Waals surface area contributed by atoms with Crippen LogP contribution < -0.4 is 15.3 Å². The minimum absolute atomic E-state index is 0.0952. The first kappa shape index (κ1) is 30.4. The predicted octanol–water partition coefficient (Wildman–Crippen LogP) is 2.06. The van der Waals surface area contributed by atoms with E-state index >= 15 is 0 Å². The molecule has 0 aliphatic carbocycles. The molecule has 14 nitrogen and oxygen atoms in total. The molecule has 1 aromatic carbocycles. The number of aliphatic hydroxyl groups is 2. The number of hydrogen-bond acceptors (Lipinski definition) is 12. The molecule has 4 rings (SSSR count). The van der Waals surface area contributed by atoms with E-state index in [0.717, 1.165) is 0 Å². The van der Waals surface area contributed by atoms with E-state index in [2.05, 4.69) is 15.2 Å². The summed E-state index contributed by atoms with van der Waals surface area (Å²) in [5.74, 6) is -0.342. The molecule has 220 valence electrons. The summed E-state index contributed by atoms with van der Waals surface area (Å²) >= 11 is 0. The van der Waals surface area contributed by atoms with Gasteiger partial charge in [-0.3, -0.25) is 9.32 Å². The monoisotopic (exact) mass is 588 g/mol. The smallest absolute Gasteiger partial charge is 0.459 e. The van der Waals surface area contributed by atoms with Crippen LogP contribution in [0.2, 0.25) is 0 Å². The van der Waals surface area contributed by atoms with Crippen LogP contribution in [0.3, 0.4) is 0 Å². The Kier molecular flexibility index (Phi) is 9.28. The zero-order valence-electron chi connectivity index (χ0n) is 22.8. The van der Waals surface area contributed by atoms with Gasteiger partial charge in [0.2, 0.25) is 5.60 Å². The average molecular weight is 589 g/mol. The van der Waals surface area contributed by atoms with Gasteiger partial charge in [-0.1, -0.05) is 32.0 Å². The third kappa shape index (κ3) is 6.20. The molecule has 3 heterocycles. The van der Waals surface area contributed by atoms with E-state index in [1.54, 1.807) is 36.4 Å². The predicted molar refractivity (Wildman–Crippen MR) is 145 cm³/mol. The molecule has 1 aliphatic rings. The van der Waals surface area contributed by atoms with Crippen LogP contribution in [0.4, 0.5) is 5.82 Å². The van der Waals surface area contributed by atoms with Crippen molar-refractivity contribution in [3.05, 3.63) is 54.5 Å². The van der Waals surface area contributed by atoms with Gasteiger partial charge in [0.15, 0.2) is 5.82 Å². The second-order valence-electron chi connectivity index (χ2n) is 9.52. The fourth-order valence-corrected chi connectivity index (χ4v) is 5.95. The van der Waals surface area contributed by atoms with Gasteiger partial charge in [0.05, 0.1) is 12.3 Å². The van der Waals surface area contributed by atoms with E-state index in [4.69, 9.17) is 24.3 Å². The number of nitriles is 1. The number of esters is 1. The van der Waals surface area contributed by atoms with Crippen LogP contribution in [-0.2, 0) is 29.0 Å². The Balaban J connectivity index is 1.56. The molecule has 41 heavy (non-hydrogen) atoms. The lowest BCUT2D eigenvalue weighted by Crippen LogP contribution is -2.41. The van der Waals surface area contributed by atoms with Crippen molar-refractivity contribution in [2.24, 2.45) is 0 Å². The second-order valence-corrected chi connectivity index (χ2v) is 11.2. The van der Waals surface area contributed by atoms with Crippen molar-refractivity contribution >= 4 is 25.1 Å². The highest BCUT2D eigenvalue weighted by atomic mass is 31.2. The number of nitrogens with two attached hydrogens (primary N) is 1. The van der Waals surface area contributed by atoms with Crippen LogP contribution in [0.5, 0.6) is 5.75 Å². The SMILES string of the molecule is CCC(CC)OC(=O)[C@H](C)N[P@](=O)(OC[C@H]1O[C@@](C#N)(c2ccc3c(N)ncnn23)[C@H](O)[C@@H]1O)Oc1ccccc1. The summed E-state index contributed by atoms with van der Waals surface area (Å²) in [4.78, 5) is 16.6. The third-order valence-electron chi connectivity index (χ3n) is 6.76. The van der Waals surface area contributed by atoms with E-state index < -0.39 is 50.3 Å². The number of benzene rings is 1. The zero-order valence-corrected chi connectivity index (χ0v) is 23.7. The summed E-state index contributed by atoms with van der Waals surface area (Å²) in [7, 11) is -4.32. The summed E-state index contributed by atoms with van der Waals surface area (Å²) in [5.41, 5.74) is 4.27. The van der Waals surface area contributed by atoms with Crippen molar-refractivity contribution in [1.29, 1.82) is 5.26 Å². The molecule has 5 N–H and O–H groups in total. The maximum atomic E-state index is 13.9. The first-order valence-electron chi connectivity index (χ1n) is 13.1. The molecule has 1 fully saturated rings. The van der Waals surface area contributed by atoms with Crippen LogP contribution in [0.25, 0.3) is 5.52 Å². The Hall–Kier alpha value is -3.57. The second kappa shape index (κ2) is 12.5. The summed E-state index contributed by atoms with van der Waals surface area (Å²) in [5, 5.41) is 38.6. The van der Waals surface area contributed by atoms with Crippen LogP contribution in [0, 0.1) is 11.3 Å². The number of carbonyl (C=O) groups excluding carboxylic acids is 1. The van der Waals surface area contributed by atoms with Crippen molar-refractivity contribution in [1.82, 2.24) is 19.7 Å².